The summed E-state index contributed by atoms with van der Waals surface area (Å²) in [6, 6.07) is 12.4. The molecule has 2 aromatic carbocycles. The van der Waals surface area contributed by atoms with Gasteiger partial charge in [0.05, 0.1) is 19.7 Å². The van der Waals surface area contributed by atoms with Crippen LogP contribution in [-0.4, -0.2) is 35.2 Å². The number of para-hydroxylation sites is 1. The lowest BCUT2D eigenvalue weighted by Crippen LogP contribution is -2.29. The van der Waals surface area contributed by atoms with Gasteiger partial charge in [-0.1, -0.05) is 17.3 Å². The van der Waals surface area contributed by atoms with Crippen LogP contribution in [0.3, 0.4) is 0 Å². The second kappa shape index (κ2) is 6.35. The Hall–Kier alpha value is -3.09. The van der Waals surface area contributed by atoms with Gasteiger partial charge in [0.1, 0.15) is 17.0 Å². The van der Waals surface area contributed by atoms with Gasteiger partial charge in [0.2, 0.25) is 0 Å². The zero-order valence-corrected chi connectivity index (χ0v) is 12.8. The standard InChI is InChI=1S/C16H16N4O3/c1-22-12-8-7-11(15(9-12)23-2)10-17-16(21)20-14-6-4-3-5-13(14)18-19-20/h3-9H,10H2,1-2H3,(H,17,21). The van der Waals surface area contributed by atoms with Gasteiger partial charge in [-0.3, -0.25) is 0 Å². The minimum Gasteiger partial charge on any atom is -0.497 e. The fourth-order valence-corrected chi connectivity index (χ4v) is 2.26. The molecule has 23 heavy (non-hydrogen) atoms. The molecule has 0 fully saturated rings. The summed E-state index contributed by atoms with van der Waals surface area (Å²) in [6.07, 6.45) is 0. The molecule has 3 aromatic rings. The molecule has 1 amide bonds. The number of fused-ring (bicyclic) bond motifs is 1. The van der Waals surface area contributed by atoms with Crippen molar-refractivity contribution in [2.24, 2.45) is 0 Å². The number of hydrogen-bond acceptors (Lipinski definition) is 5. The highest BCUT2D eigenvalue weighted by atomic mass is 16.5. The molecular formula is C16H16N4O3. The van der Waals surface area contributed by atoms with E-state index >= 15 is 0 Å². The topological polar surface area (TPSA) is 78.3 Å². The first-order valence-electron chi connectivity index (χ1n) is 7.02. The quantitative estimate of drug-likeness (QED) is 0.799. The third kappa shape index (κ3) is 2.94. The zero-order valence-electron chi connectivity index (χ0n) is 12.8. The van der Waals surface area contributed by atoms with Crippen LogP contribution in [0.15, 0.2) is 42.5 Å². The van der Waals surface area contributed by atoms with E-state index in [2.05, 4.69) is 15.6 Å². The van der Waals surface area contributed by atoms with Gasteiger partial charge in [-0.05, 0) is 24.3 Å². The van der Waals surface area contributed by atoms with Gasteiger partial charge in [-0.2, -0.15) is 4.68 Å². The molecule has 3 rings (SSSR count). The maximum atomic E-state index is 12.3. The number of methoxy groups -OCH3 is 2. The van der Waals surface area contributed by atoms with Crippen molar-refractivity contribution in [3.8, 4) is 11.5 Å². The molecule has 0 aliphatic carbocycles. The van der Waals surface area contributed by atoms with Crippen LogP contribution >= 0.6 is 0 Å². The predicted molar refractivity (Wildman–Crippen MR) is 84.7 cm³/mol. The van der Waals surface area contributed by atoms with E-state index in [9.17, 15) is 4.79 Å². The van der Waals surface area contributed by atoms with Gasteiger partial charge in [0.25, 0.3) is 0 Å². The Balaban J connectivity index is 1.77. The predicted octanol–water partition coefficient (Wildman–Crippen LogP) is 2.21. The van der Waals surface area contributed by atoms with Crippen LogP contribution in [0.5, 0.6) is 11.5 Å². The van der Waals surface area contributed by atoms with E-state index in [-0.39, 0.29) is 6.03 Å². The summed E-state index contributed by atoms with van der Waals surface area (Å²) in [6.45, 7) is 0.306. The van der Waals surface area contributed by atoms with Crippen LogP contribution in [0.4, 0.5) is 4.79 Å². The summed E-state index contributed by atoms with van der Waals surface area (Å²) >= 11 is 0. The Morgan fingerprint density at radius 3 is 2.78 bits per heavy atom. The number of aromatic nitrogens is 3. The fraction of sp³-hybridized carbons (Fsp3) is 0.188. The highest BCUT2D eigenvalue weighted by Gasteiger charge is 2.12. The summed E-state index contributed by atoms with van der Waals surface area (Å²) < 4.78 is 11.7. The van der Waals surface area contributed by atoms with Crippen LogP contribution < -0.4 is 14.8 Å². The minimum absolute atomic E-state index is 0.306. The number of hydrogen-bond donors (Lipinski definition) is 1. The molecule has 1 N–H and O–H groups in total. The van der Waals surface area contributed by atoms with Crippen molar-refractivity contribution in [2.75, 3.05) is 14.2 Å². The van der Waals surface area contributed by atoms with Crippen LogP contribution in [0.1, 0.15) is 5.56 Å². The van der Waals surface area contributed by atoms with Gasteiger partial charge in [0.15, 0.2) is 0 Å². The molecule has 0 radical (unpaired) electrons. The lowest BCUT2D eigenvalue weighted by molar-refractivity contribution is 0.239. The number of nitrogens with zero attached hydrogens (tertiary/aromatic N) is 3. The smallest absolute Gasteiger partial charge is 0.344 e. The van der Waals surface area contributed by atoms with Crippen molar-refractivity contribution < 1.29 is 14.3 Å². The number of carbonyl (C=O) groups excluding carboxylic acids is 1. The number of ether oxygens (including phenoxy) is 2. The number of benzene rings is 2. The highest BCUT2D eigenvalue weighted by molar-refractivity contribution is 5.87. The highest BCUT2D eigenvalue weighted by Crippen LogP contribution is 2.24. The van der Waals surface area contributed by atoms with E-state index < -0.39 is 0 Å². The number of carbonyl (C=O) groups is 1. The lowest BCUT2D eigenvalue weighted by atomic mass is 10.2. The van der Waals surface area contributed by atoms with Crippen LogP contribution in [-0.2, 0) is 6.54 Å². The molecule has 1 aromatic heterocycles. The van der Waals surface area contributed by atoms with Crippen molar-refractivity contribution in [1.82, 2.24) is 20.3 Å². The molecule has 0 spiro atoms. The third-order valence-electron chi connectivity index (χ3n) is 3.47. The van der Waals surface area contributed by atoms with Gasteiger partial charge >= 0.3 is 6.03 Å². The van der Waals surface area contributed by atoms with E-state index in [4.69, 9.17) is 9.47 Å². The van der Waals surface area contributed by atoms with Crippen molar-refractivity contribution in [2.45, 2.75) is 6.54 Å². The second-order valence-corrected chi connectivity index (χ2v) is 4.83. The zero-order chi connectivity index (χ0) is 16.2. The van der Waals surface area contributed by atoms with Crippen molar-refractivity contribution >= 4 is 17.1 Å². The Bertz CT molecular complexity index is 844. The van der Waals surface area contributed by atoms with Crippen LogP contribution in [0, 0.1) is 0 Å². The normalized spacial score (nSPS) is 10.5. The molecule has 0 aliphatic rings. The molecule has 0 saturated heterocycles. The number of amides is 1. The van der Waals surface area contributed by atoms with Crippen LogP contribution in [0.25, 0.3) is 11.0 Å². The van der Waals surface area contributed by atoms with Crippen molar-refractivity contribution in [1.29, 1.82) is 0 Å². The molecular weight excluding hydrogens is 296 g/mol. The van der Waals surface area contributed by atoms with E-state index in [0.717, 1.165) is 5.56 Å². The number of nitrogens with one attached hydrogen (secondary N) is 1. The molecule has 0 saturated carbocycles. The molecule has 7 nitrogen and oxygen atoms in total. The maximum absolute atomic E-state index is 12.3. The Labute approximate surface area is 132 Å². The first-order chi connectivity index (χ1) is 11.2. The van der Waals surface area contributed by atoms with Gasteiger partial charge in [-0.25, -0.2) is 4.79 Å². The average molecular weight is 312 g/mol. The molecule has 7 heteroatoms. The first kappa shape index (κ1) is 14.8. The van der Waals surface area contributed by atoms with Gasteiger partial charge in [0, 0.05) is 18.2 Å². The molecule has 0 aliphatic heterocycles. The van der Waals surface area contributed by atoms with Crippen LogP contribution in [0.2, 0.25) is 0 Å². The van der Waals surface area contributed by atoms with E-state index in [1.807, 2.05) is 24.3 Å². The molecule has 0 bridgehead atoms. The fourth-order valence-electron chi connectivity index (χ4n) is 2.26. The van der Waals surface area contributed by atoms with E-state index in [0.29, 0.717) is 29.1 Å². The SMILES string of the molecule is COc1ccc(CNC(=O)n2nnc3ccccc32)c(OC)c1. The average Bonchev–Trinajstić information content (AvgIpc) is 3.03. The Kier molecular flexibility index (Phi) is 4.09. The summed E-state index contributed by atoms with van der Waals surface area (Å²) in [4.78, 5) is 12.3. The second-order valence-electron chi connectivity index (χ2n) is 4.83. The number of rotatable bonds is 4. The van der Waals surface area contributed by atoms with Gasteiger partial charge < -0.3 is 14.8 Å². The van der Waals surface area contributed by atoms with Crippen molar-refractivity contribution in [3.05, 3.63) is 48.0 Å². The van der Waals surface area contributed by atoms with Crippen molar-refractivity contribution in [3.63, 3.8) is 0 Å². The van der Waals surface area contributed by atoms with Gasteiger partial charge in [-0.15, -0.1) is 5.10 Å². The molecule has 118 valence electrons. The van der Waals surface area contributed by atoms with E-state index in [1.54, 1.807) is 32.4 Å². The molecule has 0 atom stereocenters. The minimum atomic E-state index is -0.350. The molecule has 0 unspecified atom stereocenters. The van der Waals surface area contributed by atoms with E-state index in [1.165, 1.54) is 4.68 Å². The monoisotopic (exact) mass is 312 g/mol. The molecule has 1 heterocycles. The summed E-state index contributed by atoms with van der Waals surface area (Å²) in [7, 11) is 3.16. The lowest BCUT2D eigenvalue weighted by Gasteiger charge is -2.11. The maximum Gasteiger partial charge on any atom is 0.344 e. The summed E-state index contributed by atoms with van der Waals surface area (Å²) in [5.74, 6) is 1.34. The Morgan fingerprint density at radius 1 is 1.17 bits per heavy atom. The summed E-state index contributed by atoms with van der Waals surface area (Å²) in [5.41, 5.74) is 2.17. The first-order valence-corrected chi connectivity index (χ1v) is 7.02. The third-order valence-corrected chi connectivity index (χ3v) is 3.47. The summed E-state index contributed by atoms with van der Waals surface area (Å²) in [5, 5.41) is 10.6. The Morgan fingerprint density at radius 2 is 2.00 bits per heavy atom. The largest absolute Gasteiger partial charge is 0.497 e.